The quantitative estimate of drug-likeness (QED) is 0.308. The molecule has 28 heavy (non-hydrogen) atoms. The lowest BCUT2D eigenvalue weighted by Gasteiger charge is -2.06. The maximum Gasteiger partial charge on any atom is 0.312 e. The number of hydrogen-bond acceptors (Lipinski definition) is 5. The molecule has 7 nitrogen and oxygen atoms in total. The molecule has 0 atom stereocenters. The number of carbonyl (C=O) groups excluding carboxylic acids is 1. The number of carbonyl (C=O) groups is 1. The van der Waals surface area contributed by atoms with E-state index in [1.165, 1.54) is 12.1 Å². The number of nitro groups is 1. The van der Waals surface area contributed by atoms with Gasteiger partial charge in [0.25, 0.3) is 5.91 Å². The van der Waals surface area contributed by atoms with Gasteiger partial charge in [-0.1, -0.05) is 60.2 Å². The number of rotatable bonds is 8. The van der Waals surface area contributed by atoms with E-state index >= 15 is 0 Å². The van der Waals surface area contributed by atoms with Crippen LogP contribution < -0.4 is 10.2 Å². The molecule has 2 rings (SSSR count). The highest BCUT2D eigenvalue weighted by Gasteiger charge is 2.16. The third-order valence-corrected chi connectivity index (χ3v) is 3.61. The Hall–Kier alpha value is -3.45. The van der Waals surface area contributed by atoms with Gasteiger partial charge in [0.05, 0.1) is 10.6 Å². The van der Waals surface area contributed by atoms with Gasteiger partial charge in [0.2, 0.25) is 0 Å². The molecular formula is C20H18ClN3O4. The summed E-state index contributed by atoms with van der Waals surface area (Å²) < 4.78 is 5.18. The minimum absolute atomic E-state index is 0.0452. The van der Waals surface area contributed by atoms with E-state index in [-0.39, 0.29) is 16.5 Å². The summed E-state index contributed by atoms with van der Waals surface area (Å²) in [5.74, 6) is -0.590. The summed E-state index contributed by atoms with van der Waals surface area (Å²) in [6.45, 7) is 1.30. The van der Waals surface area contributed by atoms with Crippen molar-refractivity contribution in [2.24, 2.45) is 5.10 Å². The summed E-state index contributed by atoms with van der Waals surface area (Å²) in [5, 5.41) is 15.1. The molecule has 0 aliphatic rings. The second kappa shape index (κ2) is 10.6. The summed E-state index contributed by atoms with van der Waals surface area (Å²) in [4.78, 5) is 22.2. The maximum absolute atomic E-state index is 11.8. The molecule has 0 unspecified atom stereocenters. The third kappa shape index (κ3) is 7.05. The molecule has 0 radical (unpaired) electrons. The fourth-order valence-electron chi connectivity index (χ4n) is 2.04. The van der Waals surface area contributed by atoms with E-state index in [4.69, 9.17) is 16.3 Å². The monoisotopic (exact) mass is 399 g/mol. The van der Waals surface area contributed by atoms with Crippen LogP contribution >= 0.6 is 11.6 Å². The highest BCUT2D eigenvalue weighted by molar-refractivity contribution is 6.30. The van der Waals surface area contributed by atoms with Crippen molar-refractivity contribution in [3.63, 3.8) is 0 Å². The van der Waals surface area contributed by atoms with Crippen molar-refractivity contribution in [1.82, 2.24) is 5.43 Å². The molecule has 0 spiro atoms. The average Bonchev–Trinajstić information content (AvgIpc) is 2.69. The summed E-state index contributed by atoms with van der Waals surface area (Å²) >= 11 is 5.73. The Kier molecular flexibility index (Phi) is 7.92. The normalized spacial score (nSPS) is 11.7. The zero-order valence-corrected chi connectivity index (χ0v) is 15.8. The van der Waals surface area contributed by atoms with Crippen molar-refractivity contribution in [3.05, 3.63) is 87.5 Å². The van der Waals surface area contributed by atoms with Crippen molar-refractivity contribution < 1.29 is 14.5 Å². The van der Waals surface area contributed by atoms with Gasteiger partial charge in [-0.25, -0.2) is 5.43 Å². The predicted octanol–water partition coefficient (Wildman–Crippen LogP) is 4.39. The van der Waals surface area contributed by atoms with Crippen LogP contribution in [0.5, 0.6) is 5.75 Å². The van der Waals surface area contributed by atoms with Crippen LogP contribution in [0.2, 0.25) is 5.02 Å². The van der Waals surface area contributed by atoms with E-state index in [0.29, 0.717) is 5.71 Å². The Morgan fingerprint density at radius 1 is 1.25 bits per heavy atom. The molecule has 0 saturated carbocycles. The van der Waals surface area contributed by atoms with Gasteiger partial charge in [0.15, 0.2) is 12.4 Å². The Balaban J connectivity index is 1.83. The summed E-state index contributed by atoms with van der Waals surface area (Å²) in [7, 11) is 0. The Morgan fingerprint density at radius 3 is 2.71 bits per heavy atom. The minimum atomic E-state index is -0.630. The summed E-state index contributed by atoms with van der Waals surface area (Å²) in [5.41, 5.74) is 3.66. The van der Waals surface area contributed by atoms with Crippen LogP contribution in [0.4, 0.5) is 5.69 Å². The van der Waals surface area contributed by atoms with Gasteiger partial charge in [0, 0.05) is 11.1 Å². The van der Waals surface area contributed by atoms with Crippen LogP contribution in [0.25, 0.3) is 6.08 Å². The van der Waals surface area contributed by atoms with E-state index < -0.39 is 17.4 Å². The highest BCUT2D eigenvalue weighted by atomic mass is 35.5. The summed E-state index contributed by atoms with van der Waals surface area (Å²) in [6, 6.07) is 13.8. The van der Waals surface area contributed by atoms with E-state index in [0.717, 1.165) is 11.6 Å². The van der Waals surface area contributed by atoms with Crippen LogP contribution in [-0.2, 0) is 4.79 Å². The first-order chi connectivity index (χ1) is 13.5. The van der Waals surface area contributed by atoms with Crippen LogP contribution in [0, 0.1) is 10.1 Å². The molecule has 0 aliphatic heterocycles. The van der Waals surface area contributed by atoms with Gasteiger partial charge < -0.3 is 4.74 Å². The van der Waals surface area contributed by atoms with Gasteiger partial charge >= 0.3 is 5.69 Å². The molecule has 2 aromatic carbocycles. The molecule has 1 amide bonds. The number of allylic oxidation sites excluding steroid dienone is 3. The lowest BCUT2D eigenvalue weighted by Crippen LogP contribution is -2.25. The number of nitrogens with zero attached hydrogens (tertiary/aromatic N) is 2. The Morgan fingerprint density at radius 2 is 2.00 bits per heavy atom. The SMILES string of the molecule is CC(/C=C/C=C/c1ccccc1)=N/NC(=O)COc1ccc(Cl)cc1[N+](=O)[O-]. The molecular weight excluding hydrogens is 382 g/mol. The fraction of sp³-hybridized carbons (Fsp3) is 0.100. The van der Waals surface area contributed by atoms with Gasteiger partial charge in [-0.15, -0.1) is 0 Å². The van der Waals surface area contributed by atoms with Crippen LogP contribution in [-0.4, -0.2) is 23.1 Å². The van der Waals surface area contributed by atoms with Gasteiger partial charge in [-0.2, -0.15) is 5.10 Å². The second-order valence-corrected chi connectivity index (χ2v) is 6.01. The molecule has 0 bridgehead atoms. The van der Waals surface area contributed by atoms with Gasteiger partial charge in [-0.05, 0) is 30.7 Å². The van der Waals surface area contributed by atoms with Gasteiger partial charge in [-0.3, -0.25) is 14.9 Å². The number of hydrazone groups is 1. The topological polar surface area (TPSA) is 93.8 Å². The Bertz CT molecular complexity index is 924. The molecule has 1 N–H and O–H groups in total. The first-order valence-corrected chi connectivity index (χ1v) is 8.63. The number of nitrogens with one attached hydrogen (secondary N) is 1. The highest BCUT2D eigenvalue weighted by Crippen LogP contribution is 2.29. The number of ether oxygens (including phenoxy) is 1. The molecule has 2 aromatic rings. The van der Waals surface area contributed by atoms with Crippen LogP contribution in [0.3, 0.4) is 0 Å². The minimum Gasteiger partial charge on any atom is -0.477 e. The van der Waals surface area contributed by atoms with E-state index in [2.05, 4.69) is 10.5 Å². The first kappa shape index (κ1) is 20.9. The van der Waals surface area contributed by atoms with Crippen molar-refractivity contribution >= 4 is 35.0 Å². The maximum atomic E-state index is 11.8. The second-order valence-electron chi connectivity index (χ2n) is 5.57. The zero-order chi connectivity index (χ0) is 20.4. The van der Waals surface area contributed by atoms with Crippen molar-refractivity contribution in [1.29, 1.82) is 0 Å². The molecule has 0 saturated heterocycles. The lowest BCUT2D eigenvalue weighted by atomic mass is 10.2. The fourth-order valence-corrected chi connectivity index (χ4v) is 2.21. The van der Waals surface area contributed by atoms with E-state index in [1.807, 2.05) is 42.5 Å². The summed E-state index contributed by atoms with van der Waals surface area (Å²) in [6.07, 6.45) is 7.32. The van der Waals surface area contributed by atoms with E-state index in [1.54, 1.807) is 19.1 Å². The smallest absolute Gasteiger partial charge is 0.312 e. The number of amides is 1. The third-order valence-electron chi connectivity index (χ3n) is 3.37. The van der Waals surface area contributed by atoms with E-state index in [9.17, 15) is 14.9 Å². The number of nitro benzene ring substituents is 1. The largest absolute Gasteiger partial charge is 0.477 e. The molecule has 0 fully saturated rings. The van der Waals surface area contributed by atoms with Crippen LogP contribution in [0.15, 0.2) is 71.9 Å². The molecule has 0 aromatic heterocycles. The number of benzene rings is 2. The molecule has 0 aliphatic carbocycles. The van der Waals surface area contributed by atoms with Crippen molar-refractivity contribution in [2.75, 3.05) is 6.61 Å². The number of halogens is 1. The standard InChI is InChI=1S/C20H18ClN3O4/c1-15(7-5-6-10-16-8-3-2-4-9-16)22-23-20(25)14-28-19-12-11-17(21)13-18(19)24(26)27/h2-13H,14H2,1H3,(H,23,25)/b7-5+,10-6+,22-15-. The first-order valence-electron chi connectivity index (χ1n) is 8.25. The van der Waals surface area contributed by atoms with Crippen molar-refractivity contribution in [3.8, 4) is 5.75 Å². The van der Waals surface area contributed by atoms with Gasteiger partial charge in [0.1, 0.15) is 0 Å². The Labute approximate surface area is 167 Å². The zero-order valence-electron chi connectivity index (χ0n) is 15.0. The molecule has 8 heteroatoms. The number of hydrogen-bond donors (Lipinski definition) is 1. The predicted molar refractivity (Wildman–Crippen MR) is 109 cm³/mol. The molecule has 144 valence electrons. The lowest BCUT2D eigenvalue weighted by molar-refractivity contribution is -0.385. The van der Waals surface area contributed by atoms with Crippen LogP contribution in [0.1, 0.15) is 12.5 Å². The van der Waals surface area contributed by atoms with Crippen molar-refractivity contribution in [2.45, 2.75) is 6.92 Å². The average molecular weight is 400 g/mol. The molecule has 0 heterocycles.